The normalized spacial score (nSPS) is 9.43. The number of aromatic nitrogens is 3. The van der Waals surface area contributed by atoms with Gasteiger partial charge in [-0.1, -0.05) is 0 Å². The van der Waals surface area contributed by atoms with Crippen LogP contribution in [0.4, 0.5) is 0 Å². The van der Waals surface area contributed by atoms with Crippen molar-refractivity contribution in [1.82, 2.24) is 14.5 Å². The SMILES string of the molecule is Cn1c(=O)[n-]c2ncc(C#N)cc21.[K+]. The molecule has 0 saturated carbocycles. The van der Waals surface area contributed by atoms with Gasteiger partial charge in [-0.15, -0.1) is 0 Å². The van der Waals surface area contributed by atoms with Crippen molar-refractivity contribution >= 4 is 11.2 Å². The number of hydrogen-bond acceptors (Lipinski definition) is 3. The van der Waals surface area contributed by atoms with E-state index in [9.17, 15) is 4.79 Å². The first-order valence-corrected chi connectivity index (χ1v) is 3.62. The van der Waals surface area contributed by atoms with Crippen LogP contribution in [0.5, 0.6) is 0 Å². The van der Waals surface area contributed by atoms with Gasteiger partial charge in [-0.05, 0) is 19.3 Å². The van der Waals surface area contributed by atoms with Crippen LogP contribution in [0, 0.1) is 11.3 Å². The van der Waals surface area contributed by atoms with Crippen molar-refractivity contribution in [2.75, 3.05) is 0 Å². The molecular weight excluding hydrogens is 207 g/mol. The Bertz CT molecular complexity index is 563. The van der Waals surface area contributed by atoms with Crippen LogP contribution in [0.1, 0.15) is 5.56 Å². The third-order valence-corrected chi connectivity index (χ3v) is 1.83. The van der Waals surface area contributed by atoms with E-state index in [1.807, 2.05) is 6.07 Å². The van der Waals surface area contributed by atoms with E-state index in [0.29, 0.717) is 16.7 Å². The Kier molecular flexibility index (Phi) is 3.63. The van der Waals surface area contributed by atoms with Gasteiger partial charge in [-0.3, -0.25) is 4.79 Å². The van der Waals surface area contributed by atoms with Crippen molar-refractivity contribution in [3.63, 3.8) is 0 Å². The van der Waals surface area contributed by atoms with Crippen LogP contribution in [-0.2, 0) is 7.05 Å². The van der Waals surface area contributed by atoms with E-state index in [0.717, 1.165) is 0 Å². The molecule has 0 aliphatic rings. The summed E-state index contributed by atoms with van der Waals surface area (Å²) < 4.78 is 1.36. The summed E-state index contributed by atoms with van der Waals surface area (Å²) in [6.07, 6.45) is 1.40. The molecule has 0 saturated heterocycles. The van der Waals surface area contributed by atoms with Gasteiger partial charge in [0.05, 0.1) is 11.6 Å². The first-order valence-electron chi connectivity index (χ1n) is 3.62. The molecule has 0 aliphatic heterocycles. The van der Waals surface area contributed by atoms with Gasteiger partial charge in [0.15, 0.2) is 0 Å². The van der Waals surface area contributed by atoms with Crippen LogP contribution >= 0.6 is 0 Å². The largest absolute Gasteiger partial charge is 1.00 e. The quantitative estimate of drug-likeness (QED) is 0.430. The first-order chi connectivity index (χ1) is 6.22. The van der Waals surface area contributed by atoms with Gasteiger partial charge in [-0.25, -0.2) is 0 Å². The van der Waals surface area contributed by atoms with Crippen LogP contribution < -0.4 is 62.1 Å². The van der Waals surface area contributed by atoms with Gasteiger partial charge < -0.3 is 14.5 Å². The van der Waals surface area contributed by atoms with Crippen LogP contribution in [0.2, 0.25) is 0 Å². The van der Waals surface area contributed by atoms with Crippen molar-refractivity contribution in [3.05, 3.63) is 28.3 Å². The molecule has 2 heterocycles. The summed E-state index contributed by atoms with van der Waals surface area (Å²) in [6, 6.07) is 3.54. The summed E-state index contributed by atoms with van der Waals surface area (Å²) in [4.78, 5) is 18.6. The number of pyridine rings is 1. The van der Waals surface area contributed by atoms with Crippen LogP contribution in [0.25, 0.3) is 11.2 Å². The topological polar surface area (TPSA) is 72.8 Å². The number of aryl methyl sites for hydroxylation is 1. The fourth-order valence-electron chi connectivity index (χ4n) is 1.11. The Morgan fingerprint density at radius 3 is 3.00 bits per heavy atom. The monoisotopic (exact) mass is 212 g/mol. The minimum Gasteiger partial charge on any atom is -0.369 e. The predicted octanol–water partition coefficient (Wildman–Crippen LogP) is -3.23. The molecule has 5 nitrogen and oxygen atoms in total. The minimum absolute atomic E-state index is 0. The molecule has 0 aromatic carbocycles. The standard InChI is InChI=1S/C8H6N4O.K/c1-12-6-2-5(3-9)4-10-7(6)11-8(12)13;/h2,4H,1H3,(H,10,11,13);/q;+1/p-1. The summed E-state index contributed by atoms with van der Waals surface area (Å²) in [7, 11) is 1.60. The third-order valence-electron chi connectivity index (χ3n) is 1.83. The van der Waals surface area contributed by atoms with Gasteiger partial charge in [-0.2, -0.15) is 5.26 Å². The van der Waals surface area contributed by atoms with Crippen molar-refractivity contribution in [1.29, 1.82) is 5.26 Å². The second-order valence-electron chi connectivity index (χ2n) is 2.63. The van der Waals surface area contributed by atoms with Gasteiger partial charge in [0, 0.05) is 11.2 Å². The van der Waals surface area contributed by atoms with Gasteiger partial charge in [0.25, 0.3) is 0 Å². The molecule has 0 unspecified atom stereocenters. The Labute approximate surface area is 122 Å². The molecule has 0 atom stereocenters. The molecule has 0 fully saturated rings. The minimum atomic E-state index is -0.349. The van der Waals surface area contributed by atoms with Crippen LogP contribution in [0.15, 0.2) is 17.1 Å². The predicted molar refractivity (Wildman–Crippen MR) is 45.0 cm³/mol. The summed E-state index contributed by atoms with van der Waals surface area (Å²) >= 11 is 0. The number of nitriles is 1. The van der Waals surface area contributed by atoms with E-state index >= 15 is 0 Å². The van der Waals surface area contributed by atoms with E-state index in [1.165, 1.54) is 10.8 Å². The first kappa shape index (κ1) is 11.6. The van der Waals surface area contributed by atoms with E-state index in [2.05, 4.69) is 9.97 Å². The van der Waals surface area contributed by atoms with E-state index in [4.69, 9.17) is 5.26 Å². The van der Waals surface area contributed by atoms with Crippen LogP contribution in [0.3, 0.4) is 0 Å². The van der Waals surface area contributed by atoms with Gasteiger partial charge in [0.1, 0.15) is 0 Å². The fourth-order valence-corrected chi connectivity index (χ4v) is 1.11. The zero-order chi connectivity index (χ0) is 9.42. The van der Waals surface area contributed by atoms with Crippen molar-refractivity contribution in [3.8, 4) is 6.07 Å². The molecule has 64 valence electrons. The average molecular weight is 212 g/mol. The molecule has 0 bridgehead atoms. The Morgan fingerprint density at radius 2 is 2.36 bits per heavy atom. The van der Waals surface area contributed by atoms with Gasteiger partial charge in [0.2, 0.25) is 5.69 Å². The molecule has 0 spiro atoms. The molecule has 0 radical (unpaired) electrons. The molecule has 0 N–H and O–H groups in total. The second kappa shape index (κ2) is 4.38. The number of rotatable bonds is 0. The summed E-state index contributed by atoms with van der Waals surface area (Å²) in [6.45, 7) is 0. The zero-order valence-corrected chi connectivity index (χ0v) is 11.0. The Hall–Kier alpha value is -0.454. The molecule has 0 amide bonds. The molecule has 2 rings (SSSR count). The summed E-state index contributed by atoms with van der Waals surface area (Å²) in [5.74, 6) is 0. The molecule has 2 aromatic heterocycles. The zero-order valence-electron chi connectivity index (χ0n) is 7.85. The van der Waals surface area contributed by atoms with E-state index < -0.39 is 0 Å². The smallest absolute Gasteiger partial charge is 0.369 e. The maximum Gasteiger partial charge on any atom is 1.00 e. The Morgan fingerprint density at radius 1 is 1.64 bits per heavy atom. The maximum atomic E-state index is 11.1. The van der Waals surface area contributed by atoms with E-state index in [-0.39, 0.29) is 57.1 Å². The molecular formula is C8H5KN4O. The maximum absolute atomic E-state index is 11.1. The number of fused-ring (bicyclic) bond motifs is 1. The molecule has 14 heavy (non-hydrogen) atoms. The molecule has 2 aromatic rings. The molecule has 0 aliphatic carbocycles. The summed E-state index contributed by atoms with van der Waals surface area (Å²) in [5.41, 5.74) is 1.05. The third kappa shape index (κ3) is 1.82. The van der Waals surface area contributed by atoms with Gasteiger partial charge >= 0.3 is 51.4 Å². The number of hydrogen-bond donors (Lipinski definition) is 0. The van der Waals surface area contributed by atoms with E-state index in [1.54, 1.807) is 13.1 Å². The average Bonchev–Trinajstić information content (AvgIpc) is 2.43. The second-order valence-corrected chi connectivity index (χ2v) is 2.63. The molecule has 6 heteroatoms. The van der Waals surface area contributed by atoms with Crippen molar-refractivity contribution in [2.45, 2.75) is 0 Å². The number of nitrogens with zero attached hydrogens (tertiary/aromatic N) is 4. The van der Waals surface area contributed by atoms with Crippen LogP contribution in [-0.4, -0.2) is 9.55 Å². The fraction of sp³-hybridized carbons (Fsp3) is 0.125. The summed E-state index contributed by atoms with van der Waals surface area (Å²) in [5, 5.41) is 8.60. The number of imidazole rings is 1. The van der Waals surface area contributed by atoms with Crippen molar-refractivity contribution < 1.29 is 51.4 Å². The Balaban J connectivity index is 0.000000980. The van der Waals surface area contributed by atoms with Crippen molar-refractivity contribution in [2.24, 2.45) is 7.05 Å².